The van der Waals surface area contributed by atoms with Crippen LogP contribution in [-0.4, -0.2) is 19.0 Å². The molecule has 2 N–H and O–H groups in total. The highest BCUT2D eigenvalue weighted by Crippen LogP contribution is 2.39. The zero-order chi connectivity index (χ0) is 13.9. The number of nitrogens with one attached hydrogen (secondary N) is 2. The lowest BCUT2D eigenvalue weighted by molar-refractivity contribution is 0.0890. The zero-order valence-electron chi connectivity index (χ0n) is 12.2. The predicted octanol–water partition coefficient (Wildman–Crippen LogP) is 3.35. The van der Waals surface area contributed by atoms with Crippen molar-refractivity contribution in [2.75, 3.05) is 18.4 Å². The number of carbonyl (C=O) groups is 1. The van der Waals surface area contributed by atoms with Crippen LogP contribution in [0.25, 0.3) is 0 Å². The summed E-state index contributed by atoms with van der Waals surface area (Å²) < 4.78 is 0. The average Bonchev–Trinajstić information content (AvgIpc) is 2.36. The first-order valence-corrected chi connectivity index (χ1v) is 7.17. The molecule has 0 spiro atoms. The lowest BCUT2D eigenvalue weighted by Gasteiger charge is -2.38. The Kier molecular flexibility index (Phi) is 4.13. The predicted molar refractivity (Wildman–Crippen MR) is 79.6 cm³/mol. The van der Waals surface area contributed by atoms with Gasteiger partial charge in [-0.15, -0.1) is 0 Å². The lowest BCUT2D eigenvalue weighted by Crippen LogP contribution is -2.39. The fourth-order valence-corrected chi connectivity index (χ4v) is 2.55. The Labute approximate surface area is 115 Å². The molecule has 2 rings (SSSR count). The van der Waals surface area contributed by atoms with Crippen molar-refractivity contribution in [2.45, 2.75) is 40.0 Å². The molecule has 1 amide bonds. The molecule has 0 aliphatic heterocycles. The summed E-state index contributed by atoms with van der Waals surface area (Å²) in [5, 5.41) is 6.35. The Morgan fingerprint density at radius 3 is 2.63 bits per heavy atom. The Balaban J connectivity index is 1.97. The van der Waals surface area contributed by atoms with Gasteiger partial charge in [-0.25, -0.2) is 0 Å². The second-order valence-electron chi connectivity index (χ2n) is 5.91. The molecule has 104 valence electrons. The summed E-state index contributed by atoms with van der Waals surface area (Å²) in [6, 6.07) is 5.83. The first-order chi connectivity index (χ1) is 9.04. The maximum atomic E-state index is 12.1. The van der Waals surface area contributed by atoms with Gasteiger partial charge in [-0.2, -0.15) is 0 Å². The van der Waals surface area contributed by atoms with E-state index in [4.69, 9.17) is 0 Å². The molecule has 19 heavy (non-hydrogen) atoms. The number of benzene rings is 1. The van der Waals surface area contributed by atoms with E-state index in [0.29, 0.717) is 5.41 Å². The number of anilines is 1. The maximum absolute atomic E-state index is 12.1. The van der Waals surface area contributed by atoms with Gasteiger partial charge >= 0.3 is 0 Å². The first-order valence-electron chi connectivity index (χ1n) is 7.17. The van der Waals surface area contributed by atoms with Crippen LogP contribution in [-0.2, 0) is 0 Å². The quantitative estimate of drug-likeness (QED) is 0.852. The highest BCUT2D eigenvalue weighted by atomic mass is 16.1. The van der Waals surface area contributed by atoms with E-state index in [1.807, 2.05) is 25.1 Å². The molecule has 1 saturated carbocycles. The van der Waals surface area contributed by atoms with Gasteiger partial charge < -0.3 is 10.6 Å². The van der Waals surface area contributed by atoms with E-state index < -0.39 is 0 Å². The minimum absolute atomic E-state index is 0.0410. The summed E-state index contributed by atoms with van der Waals surface area (Å²) in [6.45, 7) is 8.03. The van der Waals surface area contributed by atoms with Gasteiger partial charge in [-0.3, -0.25) is 4.79 Å². The molecule has 1 aliphatic rings. The molecule has 1 fully saturated rings. The molecule has 1 aromatic carbocycles. The lowest BCUT2D eigenvalue weighted by atomic mass is 9.70. The Hall–Kier alpha value is -1.51. The molecule has 0 saturated heterocycles. The standard InChI is InChI=1S/C16H24N2O/c1-4-17-14-7-6-13(10-12(14)2)15(19)18-11-16(3)8-5-9-16/h6-7,10,17H,4-5,8-9,11H2,1-3H3,(H,18,19). The molecule has 0 aromatic heterocycles. The second kappa shape index (κ2) is 5.64. The minimum atomic E-state index is 0.0410. The molecule has 0 radical (unpaired) electrons. The van der Waals surface area contributed by atoms with Crippen molar-refractivity contribution in [1.29, 1.82) is 0 Å². The van der Waals surface area contributed by atoms with Crippen LogP contribution in [0.3, 0.4) is 0 Å². The van der Waals surface area contributed by atoms with Crippen molar-refractivity contribution in [3.63, 3.8) is 0 Å². The van der Waals surface area contributed by atoms with Gasteiger partial charge in [-0.05, 0) is 55.9 Å². The third kappa shape index (κ3) is 3.28. The molecule has 1 aliphatic carbocycles. The number of carbonyl (C=O) groups excluding carboxylic acids is 1. The number of hydrogen-bond acceptors (Lipinski definition) is 2. The van der Waals surface area contributed by atoms with Crippen LogP contribution in [0.5, 0.6) is 0 Å². The molecular weight excluding hydrogens is 236 g/mol. The van der Waals surface area contributed by atoms with Gasteiger partial charge in [0, 0.05) is 24.3 Å². The van der Waals surface area contributed by atoms with E-state index in [9.17, 15) is 4.79 Å². The van der Waals surface area contributed by atoms with Crippen LogP contribution in [0.2, 0.25) is 0 Å². The van der Waals surface area contributed by atoms with Gasteiger partial charge in [0.15, 0.2) is 0 Å². The average molecular weight is 260 g/mol. The van der Waals surface area contributed by atoms with Crippen LogP contribution >= 0.6 is 0 Å². The van der Waals surface area contributed by atoms with Gasteiger partial charge in [0.1, 0.15) is 0 Å². The molecule has 0 heterocycles. The van der Waals surface area contributed by atoms with Gasteiger partial charge in [-0.1, -0.05) is 13.3 Å². The first kappa shape index (κ1) is 13.9. The molecule has 0 bridgehead atoms. The molecule has 0 unspecified atom stereocenters. The highest BCUT2D eigenvalue weighted by molar-refractivity contribution is 5.94. The molecule has 3 nitrogen and oxygen atoms in total. The van der Waals surface area contributed by atoms with Crippen molar-refractivity contribution in [1.82, 2.24) is 5.32 Å². The third-order valence-electron chi connectivity index (χ3n) is 4.09. The van der Waals surface area contributed by atoms with Crippen LogP contribution in [0.1, 0.15) is 49.0 Å². The summed E-state index contributed by atoms with van der Waals surface area (Å²) in [7, 11) is 0. The van der Waals surface area contributed by atoms with E-state index in [2.05, 4.69) is 24.5 Å². The van der Waals surface area contributed by atoms with E-state index in [1.54, 1.807) is 0 Å². The van der Waals surface area contributed by atoms with Gasteiger partial charge in [0.05, 0.1) is 0 Å². The normalized spacial score (nSPS) is 16.6. The van der Waals surface area contributed by atoms with E-state index in [0.717, 1.165) is 29.9 Å². The summed E-state index contributed by atoms with van der Waals surface area (Å²) in [6.07, 6.45) is 3.75. The number of amides is 1. The van der Waals surface area contributed by atoms with Gasteiger partial charge in [0.25, 0.3) is 5.91 Å². The van der Waals surface area contributed by atoms with Crippen LogP contribution in [0.4, 0.5) is 5.69 Å². The molecule has 1 aromatic rings. The number of hydrogen-bond donors (Lipinski definition) is 2. The topological polar surface area (TPSA) is 41.1 Å². The van der Waals surface area contributed by atoms with E-state index in [-0.39, 0.29) is 5.91 Å². The second-order valence-corrected chi connectivity index (χ2v) is 5.91. The number of aryl methyl sites for hydroxylation is 1. The summed E-state index contributed by atoms with van der Waals surface area (Å²) in [5.41, 5.74) is 3.30. The fraction of sp³-hybridized carbons (Fsp3) is 0.562. The van der Waals surface area contributed by atoms with Crippen molar-refractivity contribution in [3.8, 4) is 0 Å². The van der Waals surface area contributed by atoms with E-state index in [1.165, 1.54) is 19.3 Å². The monoisotopic (exact) mass is 260 g/mol. The Morgan fingerprint density at radius 1 is 1.37 bits per heavy atom. The molecular formula is C16H24N2O. The molecule has 3 heteroatoms. The highest BCUT2D eigenvalue weighted by Gasteiger charge is 2.31. The Morgan fingerprint density at radius 2 is 2.11 bits per heavy atom. The van der Waals surface area contributed by atoms with Crippen molar-refractivity contribution in [3.05, 3.63) is 29.3 Å². The summed E-state index contributed by atoms with van der Waals surface area (Å²) >= 11 is 0. The van der Waals surface area contributed by atoms with Crippen molar-refractivity contribution < 1.29 is 4.79 Å². The smallest absolute Gasteiger partial charge is 0.251 e. The van der Waals surface area contributed by atoms with E-state index >= 15 is 0 Å². The maximum Gasteiger partial charge on any atom is 0.251 e. The van der Waals surface area contributed by atoms with Crippen molar-refractivity contribution >= 4 is 11.6 Å². The van der Waals surface area contributed by atoms with Crippen LogP contribution < -0.4 is 10.6 Å². The molecule has 0 atom stereocenters. The van der Waals surface area contributed by atoms with Crippen molar-refractivity contribution in [2.24, 2.45) is 5.41 Å². The number of rotatable bonds is 5. The fourth-order valence-electron chi connectivity index (χ4n) is 2.55. The summed E-state index contributed by atoms with van der Waals surface area (Å²) in [5.74, 6) is 0.0410. The van der Waals surface area contributed by atoms with Crippen LogP contribution in [0, 0.1) is 12.3 Å². The SMILES string of the molecule is CCNc1ccc(C(=O)NCC2(C)CCC2)cc1C. The third-order valence-corrected chi connectivity index (χ3v) is 4.09. The largest absolute Gasteiger partial charge is 0.385 e. The van der Waals surface area contributed by atoms with Crippen LogP contribution in [0.15, 0.2) is 18.2 Å². The minimum Gasteiger partial charge on any atom is -0.385 e. The van der Waals surface area contributed by atoms with Gasteiger partial charge in [0.2, 0.25) is 0 Å². The Bertz CT molecular complexity index is 464. The zero-order valence-corrected chi connectivity index (χ0v) is 12.2. The summed E-state index contributed by atoms with van der Waals surface area (Å²) in [4.78, 5) is 12.1.